The second-order valence-corrected chi connectivity index (χ2v) is 8.29. The van der Waals surface area contributed by atoms with Gasteiger partial charge in [0.15, 0.2) is 6.67 Å². The third-order valence-corrected chi connectivity index (χ3v) is 6.60. The highest BCUT2D eigenvalue weighted by Gasteiger charge is 2.28. The average molecular weight is 380 g/mol. The Hall–Kier alpha value is -2.56. The van der Waals surface area contributed by atoms with Gasteiger partial charge in [0, 0.05) is 0 Å². The maximum absolute atomic E-state index is 12.6. The lowest BCUT2D eigenvalue weighted by atomic mass is 9.99. The topological polar surface area (TPSA) is 76.0 Å². The normalized spacial score (nSPS) is 19.9. The van der Waals surface area contributed by atoms with Gasteiger partial charge >= 0.3 is 0 Å². The maximum atomic E-state index is 12.6. The van der Waals surface area contributed by atoms with E-state index in [4.69, 9.17) is 4.98 Å². The number of hydrogen-bond donors (Lipinski definition) is 1. The van der Waals surface area contributed by atoms with Gasteiger partial charge in [-0.25, -0.2) is 4.98 Å². The lowest BCUT2D eigenvalue weighted by molar-refractivity contribution is -0.929. The standard InChI is InChI=1S/C20H21N5OS/c1-13-14(2)23-25(20(26)16(13)10-21)12-24-9-5-6-15(11-24)19-22-17-7-3-4-8-18(17)27-19/h3-4,7-8,15H,5-6,9,11-12H2,1-2H3/p+1/t15-/m1/s1. The molecule has 0 saturated carbocycles. The fraction of sp³-hybridized carbons (Fsp3) is 0.400. The summed E-state index contributed by atoms with van der Waals surface area (Å²) in [5.41, 5.74) is 2.41. The summed E-state index contributed by atoms with van der Waals surface area (Å²) in [6.45, 7) is 6.06. The Bertz CT molecular complexity index is 1060. The molecular formula is C20H22N5OS+. The van der Waals surface area contributed by atoms with Crippen LogP contribution in [-0.2, 0) is 6.67 Å². The molecule has 27 heavy (non-hydrogen) atoms. The average Bonchev–Trinajstić information content (AvgIpc) is 3.11. The Morgan fingerprint density at radius 1 is 1.37 bits per heavy atom. The zero-order chi connectivity index (χ0) is 19.0. The third-order valence-electron chi connectivity index (χ3n) is 5.40. The molecule has 1 saturated heterocycles. The van der Waals surface area contributed by atoms with Gasteiger partial charge in [-0.05, 0) is 44.4 Å². The van der Waals surface area contributed by atoms with Crippen molar-refractivity contribution in [2.75, 3.05) is 13.1 Å². The monoisotopic (exact) mass is 380 g/mol. The summed E-state index contributed by atoms with van der Waals surface area (Å²) in [6.07, 6.45) is 2.22. The van der Waals surface area contributed by atoms with Crippen molar-refractivity contribution in [2.45, 2.75) is 39.3 Å². The van der Waals surface area contributed by atoms with E-state index in [2.05, 4.69) is 17.2 Å². The molecule has 4 rings (SSSR count). The van der Waals surface area contributed by atoms with Crippen LogP contribution in [0.1, 0.15) is 40.6 Å². The van der Waals surface area contributed by atoms with Gasteiger partial charge in [-0.1, -0.05) is 12.1 Å². The van der Waals surface area contributed by atoms with Gasteiger partial charge in [0.2, 0.25) is 0 Å². The minimum Gasteiger partial charge on any atom is -0.316 e. The molecule has 0 spiro atoms. The van der Waals surface area contributed by atoms with E-state index in [1.165, 1.54) is 19.3 Å². The van der Waals surface area contributed by atoms with Gasteiger partial charge in [-0.15, -0.1) is 11.3 Å². The van der Waals surface area contributed by atoms with Crippen LogP contribution in [-0.4, -0.2) is 27.9 Å². The number of para-hydroxylation sites is 1. The van der Waals surface area contributed by atoms with E-state index < -0.39 is 0 Å². The van der Waals surface area contributed by atoms with Crippen molar-refractivity contribution in [1.29, 1.82) is 5.26 Å². The number of quaternary nitrogens is 1. The number of nitrogens with one attached hydrogen (secondary N) is 1. The fourth-order valence-electron chi connectivity index (χ4n) is 3.79. The van der Waals surface area contributed by atoms with Crippen LogP contribution >= 0.6 is 11.3 Å². The number of rotatable bonds is 3. The van der Waals surface area contributed by atoms with Crippen molar-refractivity contribution >= 4 is 21.6 Å². The van der Waals surface area contributed by atoms with Crippen LogP contribution in [0.2, 0.25) is 0 Å². The molecule has 0 aliphatic carbocycles. The second kappa shape index (κ2) is 7.22. The van der Waals surface area contributed by atoms with Gasteiger partial charge in [-0.2, -0.15) is 15.0 Å². The summed E-state index contributed by atoms with van der Waals surface area (Å²) < 4.78 is 2.70. The Balaban J connectivity index is 1.57. The largest absolute Gasteiger partial charge is 0.316 e. The van der Waals surface area contributed by atoms with Crippen LogP contribution < -0.4 is 10.5 Å². The minimum absolute atomic E-state index is 0.210. The van der Waals surface area contributed by atoms with Gasteiger partial charge in [0.25, 0.3) is 5.56 Å². The molecule has 1 aromatic carbocycles. The molecule has 3 aromatic rings. The van der Waals surface area contributed by atoms with Crippen molar-refractivity contribution < 1.29 is 4.90 Å². The third kappa shape index (κ3) is 3.38. The molecule has 0 radical (unpaired) electrons. The maximum Gasteiger partial charge on any atom is 0.289 e. The number of nitrogens with zero attached hydrogens (tertiary/aromatic N) is 4. The van der Waals surface area contributed by atoms with Crippen molar-refractivity contribution in [3.63, 3.8) is 0 Å². The molecule has 2 aromatic heterocycles. The predicted octanol–water partition coefficient (Wildman–Crippen LogP) is 1.76. The first-order valence-corrected chi connectivity index (χ1v) is 10.1. The first-order valence-electron chi connectivity index (χ1n) is 9.24. The molecule has 0 amide bonds. The number of benzene rings is 1. The Kier molecular flexibility index (Phi) is 4.77. The highest BCUT2D eigenvalue weighted by molar-refractivity contribution is 7.18. The van der Waals surface area contributed by atoms with Crippen molar-refractivity contribution in [3.8, 4) is 6.07 Å². The molecule has 1 N–H and O–H groups in total. The molecule has 1 fully saturated rings. The molecule has 138 valence electrons. The summed E-state index contributed by atoms with van der Waals surface area (Å²) in [4.78, 5) is 18.7. The van der Waals surface area contributed by atoms with Crippen LogP contribution in [0, 0.1) is 25.2 Å². The molecule has 1 aliphatic rings. The van der Waals surface area contributed by atoms with Gasteiger partial charge < -0.3 is 4.90 Å². The van der Waals surface area contributed by atoms with Crippen LogP contribution in [0.4, 0.5) is 0 Å². The molecule has 2 atom stereocenters. The number of aryl methyl sites for hydroxylation is 1. The number of thiazole rings is 1. The highest BCUT2D eigenvalue weighted by atomic mass is 32.1. The van der Waals surface area contributed by atoms with E-state index in [-0.39, 0.29) is 11.1 Å². The van der Waals surface area contributed by atoms with E-state index in [1.807, 2.05) is 25.1 Å². The van der Waals surface area contributed by atoms with E-state index in [9.17, 15) is 10.1 Å². The number of fused-ring (bicyclic) bond motifs is 1. The van der Waals surface area contributed by atoms with Crippen LogP contribution in [0.25, 0.3) is 10.2 Å². The van der Waals surface area contributed by atoms with E-state index in [0.29, 0.717) is 18.2 Å². The van der Waals surface area contributed by atoms with Crippen LogP contribution in [0.15, 0.2) is 29.1 Å². The second-order valence-electron chi connectivity index (χ2n) is 7.22. The molecule has 7 heteroatoms. The molecule has 1 unspecified atom stereocenters. The van der Waals surface area contributed by atoms with Crippen molar-refractivity contribution in [3.05, 3.63) is 56.4 Å². The van der Waals surface area contributed by atoms with Gasteiger partial charge in [-0.3, -0.25) is 4.79 Å². The zero-order valence-electron chi connectivity index (χ0n) is 15.5. The molecule has 6 nitrogen and oxygen atoms in total. The number of aromatic nitrogens is 3. The Morgan fingerprint density at radius 2 is 2.19 bits per heavy atom. The number of piperidine rings is 1. The smallest absolute Gasteiger partial charge is 0.289 e. The minimum atomic E-state index is -0.282. The molecular weight excluding hydrogens is 358 g/mol. The summed E-state index contributed by atoms with van der Waals surface area (Å²) in [7, 11) is 0. The fourth-order valence-corrected chi connectivity index (χ4v) is 4.89. The quantitative estimate of drug-likeness (QED) is 0.751. The van der Waals surface area contributed by atoms with E-state index >= 15 is 0 Å². The SMILES string of the molecule is Cc1nn(C[NH+]2CCC[C@@H](c3nc4ccccc4s3)C2)c(=O)c(C#N)c1C. The van der Waals surface area contributed by atoms with Crippen LogP contribution in [0.5, 0.6) is 0 Å². The summed E-state index contributed by atoms with van der Waals surface area (Å²) >= 11 is 1.77. The highest BCUT2D eigenvalue weighted by Crippen LogP contribution is 2.30. The first-order chi connectivity index (χ1) is 13.1. The van der Waals surface area contributed by atoms with E-state index in [0.717, 1.165) is 37.1 Å². The summed E-state index contributed by atoms with van der Waals surface area (Å²) in [5, 5.41) is 14.9. The van der Waals surface area contributed by atoms with Crippen molar-refractivity contribution in [2.24, 2.45) is 0 Å². The summed E-state index contributed by atoms with van der Waals surface area (Å²) in [5.74, 6) is 0.406. The lowest BCUT2D eigenvalue weighted by Gasteiger charge is -2.28. The Morgan fingerprint density at radius 3 is 2.96 bits per heavy atom. The lowest BCUT2D eigenvalue weighted by Crippen LogP contribution is -3.13. The molecule has 3 heterocycles. The summed E-state index contributed by atoms with van der Waals surface area (Å²) in [6, 6.07) is 10.3. The van der Waals surface area contributed by atoms with Gasteiger partial charge in [0.1, 0.15) is 16.6 Å². The molecule has 1 aliphatic heterocycles. The number of hydrogen-bond acceptors (Lipinski definition) is 5. The molecule has 0 bridgehead atoms. The van der Waals surface area contributed by atoms with Gasteiger partial charge in [0.05, 0.1) is 34.9 Å². The zero-order valence-corrected chi connectivity index (χ0v) is 16.3. The number of nitriles is 1. The first kappa shape index (κ1) is 17.8. The van der Waals surface area contributed by atoms with Crippen LogP contribution in [0.3, 0.4) is 0 Å². The Labute approximate surface area is 161 Å². The predicted molar refractivity (Wildman–Crippen MR) is 105 cm³/mol. The van der Waals surface area contributed by atoms with Crippen molar-refractivity contribution in [1.82, 2.24) is 14.8 Å². The number of likely N-dealkylation sites (tertiary alicyclic amines) is 1. The van der Waals surface area contributed by atoms with E-state index in [1.54, 1.807) is 18.3 Å².